The zero-order chi connectivity index (χ0) is 19.4. The van der Waals surface area contributed by atoms with E-state index in [4.69, 9.17) is 0 Å². The van der Waals surface area contributed by atoms with Gasteiger partial charge in [-0.1, -0.05) is 37.6 Å². The summed E-state index contributed by atoms with van der Waals surface area (Å²) >= 11 is 1.35. The maximum atomic E-state index is 12.5. The molecule has 1 fully saturated rings. The first-order chi connectivity index (χ1) is 12.9. The van der Waals surface area contributed by atoms with Crippen molar-refractivity contribution in [2.24, 2.45) is 0 Å². The highest BCUT2D eigenvalue weighted by Crippen LogP contribution is 2.27. The highest BCUT2D eigenvalue weighted by atomic mass is 32.2. The molecule has 0 spiro atoms. The van der Waals surface area contributed by atoms with Crippen molar-refractivity contribution in [2.75, 3.05) is 18.1 Å². The highest BCUT2D eigenvalue weighted by molar-refractivity contribution is 7.88. The van der Waals surface area contributed by atoms with E-state index in [1.807, 2.05) is 17.5 Å². The second-order valence-electron chi connectivity index (χ2n) is 6.86. The quantitative estimate of drug-likeness (QED) is 0.762. The second kappa shape index (κ2) is 8.50. The van der Waals surface area contributed by atoms with Crippen LogP contribution in [0.25, 0.3) is 11.3 Å². The van der Waals surface area contributed by atoms with E-state index in [1.54, 1.807) is 0 Å². The summed E-state index contributed by atoms with van der Waals surface area (Å²) in [5.74, 6) is -0.311. The number of anilines is 1. The standard InChI is InChI=1S/C19H25N3O3S2/c1-3-4-6-14-8-10-15(11-9-14)16-13-26-19(20-16)21-18(23)17-7-5-12-22(17)27(2,24)25/h8-11,13,17H,3-7,12H2,1-2H3,(H,20,21,23). The van der Waals surface area contributed by atoms with Gasteiger partial charge in [0.15, 0.2) is 5.13 Å². The molecule has 27 heavy (non-hydrogen) atoms. The first-order valence-electron chi connectivity index (χ1n) is 9.21. The number of carbonyl (C=O) groups is 1. The van der Waals surface area contributed by atoms with Crippen molar-refractivity contribution in [3.63, 3.8) is 0 Å². The average Bonchev–Trinajstić information content (AvgIpc) is 3.29. The molecular formula is C19H25N3O3S2. The number of amides is 1. The third kappa shape index (κ3) is 4.94. The largest absolute Gasteiger partial charge is 0.301 e. The first kappa shape index (κ1) is 20.0. The molecule has 1 aliphatic rings. The van der Waals surface area contributed by atoms with Crippen LogP contribution in [0.3, 0.4) is 0 Å². The van der Waals surface area contributed by atoms with Gasteiger partial charge in [0.05, 0.1) is 11.9 Å². The predicted octanol–water partition coefficient (Wildman–Crippen LogP) is 3.52. The van der Waals surface area contributed by atoms with E-state index in [9.17, 15) is 13.2 Å². The van der Waals surface area contributed by atoms with Crippen LogP contribution in [-0.4, -0.2) is 42.5 Å². The van der Waals surface area contributed by atoms with E-state index in [2.05, 4.69) is 29.4 Å². The van der Waals surface area contributed by atoms with Crippen LogP contribution in [0.15, 0.2) is 29.6 Å². The van der Waals surface area contributed by atoms with Gasteiger partial charge in [-0.2, -0.15) is 4.31 Å². The Balaban J connectivity index is 1.66. The minimum Gasteiger partial charge on any atom is -0.301 e. The molecule has 146 valence electrons. The zero-order valence-electron chi connectivity index (χ0n) is 15.6. The Kier molecular flexibility index (Phi) is 6.29. The molecular weight excluding hydrogens is 382 g/mol. The molecule has 2 aromatic rings. The van der Waals surface area contributed by atoms with Crippen LogP contribution >= 0.6 is 11.3 Å². The molecule has 1 aromatic carbocycles. The van der Waals surface area contributed by atoms with Gasteiger partial charge in [-0.25, -0.2) is 13.4 Å². The van der Waals surface area contributed by atoms with Gasteiger partial charge < -0.3 is 5.32 Å². The number of nitrogens with one attached hydrogen (secondary N) is 1. The van der Waals surface area contributed by atoms with Gasteiger partial charge in [-0.05, 0) is 31.2 Å². The third-order valence-corrected chi connectivity index (χ3v) is 6.78. The fourth-order valence-corrected chi connectivity index (χ4v) is 5.12. The van der Waals surface area contributed by atoms with Crippen LogP contribution in [0.5, 0.6) is 0 Å². The highest BCUT2D eigenvalue weighted by Gasteiger charge is 2.36. The molecule has 0 saturated carbocycles. The lowest BCUT2D eigenvalue weighted by Crippen LogP contribution is -2.42. The topological polar surface area (TPSA) is 79.4 Å². The molecule has 1 atom stereocenters. The molecule has 3 rings (SSSR count). The first-order valence-corrected chi connectivity index (χ1v) is 11.9. The van der Waals surface area contributed by atoms with E-state index >= 15 is 0 Å². The normalized spacial score (nSPS) is 17.9. The number of hydrogen-bond donors (Lipinski definition) is 1. The minimum atomic E-state index is -3.38. The van der Waals surface area contributed by atoms with Crippen molar-refractivity contribution in [2.45, 2.75) is 45.1 Å². The molecule has 1 N–H and O–H groups in total. The van der Waals surface area contributed by atoms with E-state index in [0.717, 1.165) is 23.9 Å². The number of hydrogen-bond acceptors (Lipinski definition) is 5. The number of sulfonamides is 1. The Morgan fingerprint density at radius 2 is 2.07 bits per heavy atom. The van der Waals surface area contributed by atoms with Crippen molar-refractivity contribution in [1.29, 1.82) is 0 Å². The van der Waals surface area contributed by atoms with Crippen LogP contribution in [0, 0.1) is 0 Å². The van der Waals surface area contributed by atoms with E-state index < -0.39 is 16.1 Å². The Bertz CT molecular complexity index is 891. The molecule has 1 saturated heterocycles. The number of nitrogens with zero attached hydrogens (tertiary/aromatic N) is 2. The maximum absolute atomic E-state index is 12.5. The van der Waals surface area contributed by atoms with Gasteiger partial charge in [0.25, 0.3) is 0 Å². The summed E-state index contributed by atoms with van der Waals surface area (Å²) in [4.78, 5) is 17.0. The smallest absolute Gasteiger partial charge is 0.244 e. The monoisotopic (exact) mass is 407 g/mol. The van der Waals surface area contributed by atoms with Gasteiger partial charge in [0.1, 0.15) is 6.04 Å². The Labute approximate surface area is 164 Å². The van der Waals surface area contributed by atoms with Gasteiger partial charge in [0, 0.05) is 17.5 Å². The maximum Gasteiger partial charge on any atom is 0.244 e. The Hall–Kier alpha value is -1.77. The number of unbranched alkanes of at least 4 members (excludes halogenated alkanes) is 1. The second-order valence-corrected chi connectivity index (χ2v) is 9.65. The molecule has 1 unspecified atom stereocenters. The summed E-state index contributed by atoms with van der Waals surface area (Å²) in [5.41, 5.74) is 3.13. The van der Waals surface area contributed by atoms with E-state index in [1.165, 1.54) is 34.0 Å². The van der Waals surface area contributed by atoms with Gasteiger partial charge in [-0.3, -0.25) is 4.79 Å². The number of aromatic nitrogens is 1. The fraction of sp³-hybridized carbons (Fsp3) is 0.474. The summed E-state index contributed by atoms with van der Waals surface area (Å²) in [6, 6.07) is 7.68. The summed E-state index contributed by atoms with van der Waals surface area (Å²) in [5, 5.41) is 5.17. The number of benzene rings is 1. The Morgan fingerprint density at radius 1 is 1.33 bits per heavy atom. The van der Waals surface area contributed by atoms with Crippen LogP contribution < -0.4 is 5.32 Å². The van der Waals surface area contributed by atoms with Crippen molar-refractivity contribution in [1.82, 2.24) is 9.29 Å². The predicted molar refractivity (Wildman–Crippen MR) is 109 cm³/mol. The number of thiazole rings is 1. The Morgan fingerprint density at radius 3 is 2.74 bits per heavy atom. The van der Waals surface area contributed by atoms with Crippen LogP contribution in [0.1, 0.15) is 38.2 Å². The fourth-order valence-electron chi connectivity index (χ4n) is 3.27. The third-order valence-electron chi connectivity index (χ3n) is 4.74. The van der Waals surface area contributed by atoms with Crippen LogP contribution in [0.4, 0.5) is 5.13 Å². The molecule has 6 nitrogen and oxygen atoms in total. The molecule has 8 heteroatoms. The lowest BCUT2D eigenvalue weighted by molar-refractivity contribution is -0.119. The van der Waals surface area contributed by atoms with Crippen molar-refractivity contribution in [3.8, 4) is 11.3 Å². The van der Waals surface area contributed by atoms with E-state index in [-0.39, 0.29) is 5.91 Å². The molecule has 1 aromatic heterocycles. The molecule has 1 amide bonds. The van der Waals surface area contributed by atoms with E-state index in [0.29, 0.717) is 24.5 Å². The summed E-state index contributed by atoms with van der Waals surface area (Å²) in [6.45, 7) is 2.57. The van der Waals surface area contributed by atoms with Crippen LogP contribution in [0.2, 0.25) is 0 Å². The molecule has 0 bridgehead atoms. The van der Waals surface area contributed by atoms with Crippen molar-refractivity contribution in [3.05, 3.63) is 35.2 Å². The molecule has 2 heterocycles. The van der Waals surface area contributed by atoms with Crippen molar-refractivity contribution >= 4 is 32.4 Å². The van der Waals surface area contributed by atoms with Gasteiger partial charge in [-0.15, -0.1) is 11.3 Å². The summed E-state index contributed by atoms with van der Waals surface area (Å²) in [7, 11) is -3.38. The molecule has 0 radical (unpaired) electrons. The summed E-state index contributed by atoms with van der Waals surface area (Å²) < 4.78 is 24.9. The van der Waals surface area contributed by atoms with Crippen LogP contribution in [-0.2, 0) is 21.2 Å². The number of aryl methyl sites for hydroxylation is 1. The average molecular weight is 408 g/mol. The zero-order valence-corrected chi connectivity index (χ0v) is 17.3. The molecule has 0 aliphatic carbocycles. The lowest BCUT2D eigenvalue weighted by atomic mass is 10.1. The van der Waals surface area contributed by atoms with Gasteiger partial charge >= 0.3 is 0 Å². The van der Waals surface area contributed by atoms with Gasteiger partial charge in [0.2, 0.25) is 15.9 Å². The minimum absolute atomic E-state index is 0.311. The summed E-state index contributed by atoms with van der Waals surface area (Å²) in [6.07, 6.45) is 5.80. The SMILES string of the molecule is CCCCc1ccc(-c2csc(NC(=O)C3CCCN3S(C)(=O)=O)n2)cc1. The number of rotatable bonds is 7. The lowest BCUT2D eigenvalue weighted by Gasteiger charge is -2.20. The molecule has 1 aliphatic heterocycles. The van der Waals surface area contributed by atoms with Crippen molar-refractivity contribution < 1.29 is 13.2 Å². The number of carbonyl (C=O) groups excluding carboxylic acids is 1.